The average molecular weight is 226 g/mol. The van der Waals surface area contributed by atoms with Crippen molar-refractivity contribution >= 4 is 11.6 Å². The van der Waals surface area contributed by atoms with E-state index < -0.39 is 12.2 Å². The predicted octanol–water partition coefficient (Wildman–Crippen LogP) is 2.92. The van der Waals surface area contributed by atoms with Gasteiger partial charge in [-0.3, -0.25) is 0 Å². The van der Waals surface area contributed by atoms with E-state index >= 15 is 0 Å². The monoisotopic (exact) mass is 225 g/mol. The van der Waals surface area contributed by atoms with Gasteiger partial charge in [0.25, 0.3) is 0 Å². The molecule has 0 saturated heterocycles. The quantitative estimate of drug-likeness (QED) is 0.759. The van der Waals surface area contributed by atoms with Gasteiger partial charge in [-0.15, -0.1) is 0 Å². The number of nitrogens with one attached hydrogen (secondary N) is 1. The highest BCUT2D eigenvalue weighted by Gasteiger charge is 2.41. The van der Waals surface area contributed by atoms with Gasteiger partial charge in [-0.1, -0.05) is 29.8 Å². The highest BCUT2D eigenvalue weighted by Crippen LogP contribution is 2.35. The largest absolute Gasteiger partial charge is 0.410 e. The van der Waals surface area contributed by atoms with E-state index in [1.165, 1.54) is 29.7 Å². The Bertz CT molecular complexity index is 316. The van der Waals surface area contributed by atoms with Gasteiger partial charge in [0.2, 0.25) is 0 Å². The van der Waals surface area contributed by atoms with E-state index in [0.29, 0.717) is 0 Å². The van der Waals surface area contributed by atoms with Gasteiger partial charge in [0.05, 0.1) is 0 Å². The Morgan fingerprint density at radius 1 is 1.29 bits per heavy atom. The third-order valence-electron chi connectivity index (χ3n) is 1.67. The smallest absolute Gasteiger partial charge is 0.316 e. The number of hydroxylamine groups is 1. The summed E-state index contributed by atoms with van der Waals surface area (Å²) in [5.41, 5.74) is 0.985. The highest BCUT2D eigenvalue weighted by atomic mass is 35.5. The van der Waals surface area contributed by atoms with Crippen molar-refractivity contribution in [3.63, 3.8) is 0 Å². The Kier molecular flexibility index (Phi) is 3.36. The van der Waals surface area contributed by atoms with Gasteiger partial charge in [0.15, 0.2) is 6.04 Å². The van der Waals surface area contributed by atoms with E-state index in [1.807, 2.05) is 0 Å². The number of alkyl halides is 3. The van der Waals surface area contributed by atoms with Crippen LogP contribution in [-0.4, -0.2) is 11.4 Å². The van der Waals surface area contributed by atoms with E-state index in [1.54, 1.807) is 0 Å². The van der Waals surface area contributed by atoms with E-state index in [-0.39, 0.29) is 10.6 Å². The highest BCUT2D eigenvalue weighted by molar-refractivity contribution is 6.31. The minimum atomic E-state index is -4.58. The summed E-state index contributed by atoms with van der Waals surface area (Å²) in [5.74, 6) is 0. The van der Waals surface area contributed by atoms with E-state index in [4.69, 9.17) is 16.8 Å². The number of benzene rings is 1. The molecule has 14 heavy (non-hydrogen) atoms. The van der Waals surface area contributed by atoms with Gasteiger partial charge in [-0.2, -0.15) is 18.7 Å². The van der Waals surface area contributed by atoms with Crippen molar-refractivity contribution in [3.8, 4) is 0 Å². The van der Waals surface area contributed by atoms with Gasteiger partial charge in [0, 0.05) is 5.02 Å². The molecule has 0 aliphatic heterocycles. The Balaban J connectivity index is 3.08. The molecule has 1 aromatic rings. The minimum Gasteiger partial charge on any atom is -0.316 e. The lowest BCUT2D eigenvalue weighted by Gasteiger charge is -2.19. The normalized spacial score (nSPS) is 14.1. The second-order valence-electron chi connectivity index (χ2n) is 2.63. The first-order chi connectivity index (χ1) is 6.46. The third-order valence-corrected chi connectivity index (χ3v) is 2.02. The maximum atomic E-state index is 12.3. The van der Waals surface area contributed by atoms with Gasteiger partial charge in [-0.05, 0) is 11.6 Å². The van der Waals surface area contributed by atoms with Crippen LogP contribution in [0.25, 0.3) is 0 Å². The van der Waals surface area contributed by atoms with Crippen molar-refractivity contribution in [2.24, 2.45) is 0 Å². The summed E-state index contributed by atoms with van der Waals surface area (Å²) in [6.45, 7) is 0. The van der Waals surface area contributed by atoms with Crippen molar-refractivity contribution in [1.82, 2.24) is 5.48 Å². The third kappa shape index (κ3) is 2.37. The molecule has 0 spiro atoms. The first-order valence-electron chi connectivity index (χ1n) is 3.67. The summed E-state index contributed by atoms with van der Waals surface area (Å²) in [6, 6.07) is 3.29. The van der Waals surface area contributed by atoms with Gasteiger partial charge >= 0.3 is 6.18 Å². The molecule has 0 bridgehead atoms. The molecule has 1 atom stereocenters. The van der Waals surface area contributed by atoms with Crippen LogP contribution in [-0.2, 0) is 0 Å². The van der Waals surface area contributed by atoms with Crippen LogP contribution < -0.4 is 5.48 Å². The zero-order valence-electron chi connectivity index (χ0n) is 6.85. The zero-order valence-corrected chi connectivity index (χ0v) is 7.60. The predicted molar refractivity (Wildman–Crippen MR) is 45.2 cm³/mol. The maximum Gasteiger partial charge on any atom is 0.410 e. The van der Waals surface area contributed by atoms with Crippen LogP contribution in [0.1, 0.15) is 11.6 Å². The molecule has 78 valence electrons. The molecule has 0 saturated carbocycles. The van der Waals surface area contributed by atoms with E-state index in [2.05, 4.69) is 0 Å². The molecular formula is C8H7ClF3NO. The molecular weight excluding hydrogens is 219 g/mol. The van der Waals surface area contributed by atoms with Crippen LogP contribution in [0.3, 0.4) is 0 Å². The van der Waals surface area contributed by atoms with Crippen LogP contribution in [0.5, 0.6) is 0 Å². The molecule has 1 rings (SSSR count). The molecule has 0 amide bonds. The van der Waals surface area contributed by atoms with Crippen molar-refractivity contribution < 1.29 is 18.4 Å². The molecule has 2 nitrogen and oxygen atoms in total. The molecule has 0 heterocycles. The fraction of sp³-hybridized carbons (Fsp3) is 0.250. The lowest BCUT2D eigenvalue weighted by Crippen LogP contribution is -2.32. The number of halogens is 4. The summed E-state index contributed by atoms with van der Waals surface area (Å²) in [5, 5.41) is 8.37. The van der Waals surface area contributed by atoms with Gasteiger partial charge in [0.1, 0.15) is 0 Å². The SMILES string of the molecule is ON[C@H](c1ccccc1Cl)C(F)(F)F. The Hall–Kier alpha value is -0.780. The lowest BCUT2D eigenvalue weighted by molar-refractivity contribution is -0.178. The number of hydrogen-bond acceptors (Lipinski definition) is 2. The van der Waals surface area contributed by atoms with E-state index in [9.17, 15) is 13.2 Å². The summed E-state index contributed by atoms with van der Waals surface area (Å²) >= 11 is 5.55. The minimum absolute atomic E-state index is 0.0450. The van der Waals surface area contributed by atoms with Crippen molar-refractivity contribution in [2.45, 2.75) is 12.2 Å². The maximum absolute atomic E-state index is 12.3. The summed E-state index contributed by atoms with van der Waals surface area (Å²) < 4.78 is 36.9. The molecule has 2 N–H and O–H groups in total. The van der Waals surface area contributed by atoms with Crippen LogP contribution in [0.2, 0.25) is 5.02 Å². The Labute approximate surface area is 83.3 Å². The fourth-order valence-corrected chi connectivity index (χ4v) is 1.27. The molecule has 0 aliphatic carbocycles. The topological polar surface area (TPSA) is 32.3 Å². The summed E-state index contributed by atoms with van der Waals surface area (Å²) in [7, 11) is 0. The average Bonchev–Trinajstić information content (AvgIpc) is 2.07. The van der Waals surface area contributed by atoms with Gasteiger partial charge in [-0.25, -0.2) is 0 Å². The molecule has 0 radical (unpaired) electrons. The Morgan fingerprint density at radius 3 is 2.29 bits per heavy atom. The summed E-state index contributed by atoms with van der Waals surface area (Å²) in [4.78, 5) is 0. The summed E-state index contributed by atoms with van der Waals surface area (Å²) in [6.07, 6.45) is -4.58. The molecule has 6 heteroatoms. The fourth-order valence-electron chi connectivity index (χ4n) is 1.03. The zero-order chi connectivity index (χ0) is 10.8. The van der Waals surface area contributed by atoms with Crippen LogP contribution >= 0.6 is 11.6 Å². The number of rotatable bonds is 2. The van der Waals surface area contributed by atoms with Crippen LogP contribution in [0.15, 0.2) is 24.3 Å². The van der Waals surface area contributed by atoms with E-state index in [0.717, 1.165) is 0 Å². The van der Waals surface area contributed by atoms with Crippen LogP contribution in [0.4, 0.5) is 13.2 Å². The van der Waals surface area contributed by atoms with Crippen molar-refractivity contribution in [3.05, 3.63) is 34.9 Å². The second kappa shape index (κ2) is 4.16. The number of hydrogen-bond donors (Lipinski definition) is 2. The molecule has 1 aromatic carbocycles. The van der Waals surface area contributed by atoms with Crippen molar-refractivity contribution in [1.29, 1.82) is 0 Å². The Morgan fingerprint density at radius 2 is 1.86 bits per heavy atom. The first kappa shape index (κ1) is 11.3. The molecule has 0 aromatic heterocycles. The molecule has 0 unspecified atom stereocenters. The van der Waals surface area contributed by atoms with Crippen molar-refractivity contribution in [2.75, 3.05) is 0 Å². The second-order valence-corrected chi connectivity index (χ2v) is 3.03. The molecule has 0 aliphatic rings. The van der Waals surface area contributed by atoms with Gasteiger partial charge < -0.3 is 5.21 Å². The lowest BCUT2D eigenvalue weighted by atomic mass is 10.1. The van der Waals surface area contributed by atoms with Crippen LogP contribution in [0, 0.1) is 0 Å². The standard InChI is InChI=1S/C8H7ClF3NO/c9-6-4-2-1-3-5(6)7(13-14)8(10,11)12/h1-4,7,13-14H/t7-/m1/s1. The molecule has 0 fully saturated rings. The first-order valence-corrected chi connectivity index (χ1v) is 4.05.